The Morgan fingerprint density at radius 3 is 2.80 bits per heavy atom. The molecule has 0 N–H and O–H groups in total. The number of imidazole rings is 1. The van der Waals surface area contributed by atoms with E-state index < -0.39 is 5.82 Å². The van der Waals surface area contributed by atoms with Gasteiger partial charge in [-0.25, -0.2) is 9.37 Å². The molecular weight excluding hydrogens is 341 g/mol. The van der Waals surface area contributed by atoms with Crippen LogP contribution in [0.4, 0.5) is 10.2 Å². The van der Waals surface area contributed by atoms with E-state index in [2.05, 4.69) is 19.9 Å². The van der Waals surface area contributed by atoms with Crippen LogP contribution in [0.3, 0.4) is 0 Å². The first-order chi connectivity index (χ1) is 12.2. The number of nitrogens with zero attached hydrogens (tertiary/aromatic N) is 5. The molecule has 0 saturated heterocycles. The van der Waals surface area contributed by atoms with Gasteiger partial charge in [0.2, 0.25) is 5.65 Å². The fourth-order valence-electron chi connectivity index (χ4n) is 2.57. The zero-order valence-electron chi connectivity index (χ0n) is 12.7. The van der Waals surface area contributed by atoms with Crippen LogP contribution < -0.4 is 0 Å². The molecule has 25 heavy (non-hydrogen) atoms. The number of hydrogen-bond donors (Lipinski definition) is 0. The smallest absolute Gasteiger partial charge is 0.275 e. The molecule has 0 saturated carbocycles. The van der Waals surface area contributed by atoms with Crippen molar-refractivity contribution in [3.63, 3.8) is 0 Å². The van der Waals surface area contributed by atoms with Crippen molar-refractivity contribution in [2.45, 2.75) is 0 Å². The van der Waals surface area contributed by atoms with Crippen LogP contribution in [0.2, 0.25) is 5.02 Å². The molecule has 7 heteroatoms. The summed E-state index contributed by atoms with van der Waals surface area (Å²) in [7, 11) is 0. The second-order valence-corrected chi connectivity index (χ2v) is 5.65. The molecule has 120 valence electrons. The van der Waals surface area contributed by atoms with Gasteiger partial charge in [0.25, 0.3) is 5.82 Å². The molecule has 0 amide bonds. The topological polar surface area (TPSA) is 47.4 Å². The molecule has 0 radical (unpaired) electrons. The van der Waals surface area contributed by atoms with Crippen molar-refractivity contribution in [1.29, 1.82) is 0 Å². The lowest BCUT2D eigenvalue weighted by molar-refractivity contribution is 0.628. The van der Waals surface area contributed by atoms with E-state index in [1.807, 2.05) is 12.1 Å². The number of aromatic nitrogens is 4. The molecule has 4 rings (SSSR count). The minimum atomic E-state index is -0.484. The highest BCUT2D eigenvalue weighted by Crippen LogP contribution is 2.31. The van der Waals surface area contributed by atoms with Crippen molar-refractivity contribution in [2.24, 2.45) is 0 Å². The minimum Gasteiger partial charge on any atom is -0.360 e. The van der Waals surface area contributed by atoms with Crippen molar-refractivity contribution in [3.8, 4) is 22.5 Å². The average Bonchev–Trinajstić information content (AvgIpc) is 3.06. The Bertz CT molecular complexity index is 1150. The maximum absolute atomic E-state index is 13.5. The van der Waals surface area contributed by atoms with Gasteiger partial charge in [0.1, 0.15) is 11.5 Å². The van der Waals surface area contributed by atoms with Gasteiger partial charge in [-0.2, -0.15) is 0 Å². The number of fused-ring (bicyclic) bond motifs is 1. The van der Waals surface area contributed by atoms with Gasteiger partial charge in [0.15, 0.2) is 0 Å². The first-order valence-corrected chi connectivity index (χ1v) is 7.68. The lowest BCUT2D eigenvalue weighted by Gasteiger charge is -2.08. The van der Waals surface area contributed by atoms with Crippen molar-refractivity contribution < 1.29 is 4.39 Å². The number of hydrogen-bond acceptors (Lipinski definition) is 3. The highest BCUT2D eigenvalue weighted by atomic mass is 35.5. The number of halogens is 2. The summed E-state index contributed by atoms with van der Waals surface area (Å²) in [5, 5.41) is 4.53. The summed E-state index contributed by atoms with van der Waals surface area (Å²) in [5.74, 6) is -0.158. The average molecular weight is 350 g/mol. The summed E-state index contributed by atoms with van der Waals surface area (Å²) < 4.78 is 14.9. The van der Waals surface area contributed by atoms with Crippen molar-refractivity contribution in [3.05, 3.63) is 77.1 Å². The van der Waals surface area contributed by atoms with Gasteiger partial charge in [0, 0.05) is 23.4 Å². The predicted octanol–water partition coefficient (Wildman–Crippen LogP) is 4.80. The Morgan fingerprint density at radius 1 is 1.12 bits per heavy atom. The Labute approximate surface area is 147 Å². The summed E-state index contributed by atoms with van der Waals surface area (Å²) in [6.07, 6.45) is 3.12. The zero-order valence-corrected chi connectivity index (χ0v) is 13.4. The summed E-state index contributed by atoms with van der Waals surface area (Å²) in [5.41, 5.74) is 3.27. The summed E-state index contributed by atoms with van der Waals surface area (Å²) in [6, 6.07) is 11.7. The standard InChI is InChI=1S/C18H9ClFN5/c1-21-17-10-23-16-7-6-15(24-25(16)17)12-3-2-8-22-18(12)11-4-5-14(20)13(19)9-11/h2-10H. The fourth-order valence-corrected chi connectivity index (χ4v) is 2.75. The van der Waals surface area contributed by atoms with Gasteiger partial charge in [-0.3, -0.25) is 4.98 Å². The summed E-state index contributed by atoms with van der Waals surface area (Å²) >= 11 is 5.90. The van der Waals surface area contributed by atoms with Crippen LogP contribution in [0.5, 0.6) is 0 Å². The first kappa shape index (κ1) is 15.2. The number of pyridine rings is 1. The maximum Gasteiger partial charge on any atom is 0.275 e. The molecule has 3 aromatic heterocycles. The van der Waals surface area contributed by atoms with E-state index in [1.165, 1.54) is 22.8 Å². The van der Waals surface area contributed by atoms with Crippen LogP contribution in [0, 0.1) is 12.4 Å². The van der Waals surface area contributed by atoms with Crippen LogP contribution in [0.15, 0.2) is 54.9 Å². The lowest BCUT2D eigenvalue weighted by atomic mass is 10.0. The highest BCUT2D eigenvalue weighted by Gasteiger charge is 2.14. The Balaban J connectivity index is 1.92. The number of rotatable bonds is 2. The Hall–Kier alpha value is -3.30. The third-order valence-corrected chi connectivity index (χ3v) is 4.03. The molecule has 0 aliphatic rings. The van der Waals surface area contributed by atoms with Crippen LogP contribution in [-0.4, -0.2) is 19.6 Å². The van der Waals surface area contributed by atoms with Crippen LogP contribution in [0.1, 0.15) is 0 Å². The highest BCUT2D eigenvalue weighted by molar-refractivity contribution is 6.31. The van der Waals surface area contributed by atoms with E-state index in [0.29, 0.717) is 28.4 Å². The van der Waals surface area contributed by atoms with E-state index in [-0.39, 0.29) is 5.02 Å². The lowest BCUT2D eigenvalue weighted by Crippen LogP contribution is -1.96. The van der Waals surface area contributed by atoms with E-state index >= 15 is 0 Å². The second-order valence-electron chi connectivity index (χ2n) is 5.25. The van der Waals surface area contributed by atoms with E-state index in [1.54, 1.807) is 24.4 Å². The molecule has 4 aromatic rings. The van der Waals surface area contributed by atoms with Crippen LogP contribution in [0.25, 0.3) is 33.0 Å². The van der Waals surface area contributed by atoms with Gasteiger partial charge in [-0.15, -0.1) is 4.52 Å². The van der Waals surface area contributed by atoms with Crippen molar-refractivity contribution in [1.82, 2.24) is 19.6 Å². The van der Waals surface area contributed by atoms with Crippen molar-refractivity contribution in [2.75, 3.05) is 0 Å². The molecule has 0 fully saturated rings. The number of benzene rings is 1. The molecule has 0 unspecified atom stereocenters. The normalized spacial score (nSPS) is 10.8. The third-order valence-electron chi connectivity index (χ3n) is 3.74. The minimum absolute atomic E-state index is 0.0300. The monoisotopic (exact) mass is 349 g/mol. The largest absolute Gasteiger partial charge is 0.360 e. The molecule has 0 aliphatic carbocycles. The molecule has 5 nitrogen and oxygen atoms in total. The predicted molar refractivity (Wildman–Crippen MR) is 92.9 cm³/mol. The summed E-state index contributed by atoms with van der Waals surface area (Å²) in [4.78, 5) is 11.9. The Kier molecular flexibility index (Phi) is 3.64. The third kappa shape index (κ3) is 2.61. The zero-order chi connectivity index (χ0) is 17.4. The molecular formula is C18H9ClFN5. The van der Waals surface area contributed by atoms with Crippen LogP contribution in [-0.2, 0) is 0 Å². The van der Waals surface area contributed by atoms with E-state index in [0.717, 1.165) is 5.56 Å². The molecule has 0 spiro atoms. The molecule has 1 aromatic carbocycles. The van der Waals surface area contributed by atoms with E-state index in [4.69, 9.17) is 18.2 Å². The molecule has 0 aliphatic heterocycles. The van der Waals surface area contributed by atoms with Gasteiger partial charge in [-0.05, 0) is 36.4 Å². The van der Waals surface area contributed by atoms with Gasteiger partial charge >= 0.3 is 0 Å². The second kappa shape index (κ2) is 5.96. The van der Waals surface area contributed by atoms with Crippen molar-refractivity contribution >= 4 is 23.1 Å². The maximum atomic E-state index is 13.5. The summed E-state index contributed by atoms with van der Waals surface area (Å²) in [6.45, 7) is 7.20. The quantitative estimate of drug-likeness (QED) is 0.488. The van der Waals surface area contributed by atoms with Gasteiger partial charge in [0.05, 0.1) is 16.9 Å². The first-order valence-electron chi connectivity index (χ1n) is 7.30. The Morgan fingerprint density at radius 2 is 2.00 bits per heavy atom. The van der Waals surface area contributed by atoms with Gasteiger partial charge in [-0.1, -0.05) is 23.3 Å². The van der Waals surface area contributed by atoms with Gasteiger partial charge < -0.3 is 4.85 Å². The molecule has 0 atom stereocenters. The molecule has 0 bridgehead atoms. The molecule has 3 heterocycles. The SMILES string of the molecule is [C-]#[N+]c1cnc2ccc(-c3cccnc3-c3ccc(F)c(Cl)c3)nn12. The van der Waals surface area contributed by atoms with Crippen LogP contribution >= 0.6 is 11.6 Å². The fraction of sp³-hybridized carbons (Fsp3) is 0. The van der Waals surface area contributed by atoms with E-state index in [9.17, 15) is 4.39 Å².